The molecule has 0 aliphatic carbocycles. The Bertz CT molecular complexity index is 363. The average Bonchev–Trinajstić information content (AvgIpc) is 2.28. The maximum absolute atomic E-state index is 11.7. The van der Waals surface area contributed by atoms with Crippen LogP contribution in [0.4, 0.5) is 0 Å². The highest BCUT2D eigenvalue weighted by atomic mass is 16.2. The molecule has 3 nitrogen and oxygen atoms in total. The number of carbonyl (C=O) groups is 1. The van der Waals surface area contributed by atoms with Crippen molar-refractivity contribution in [1.29, 1.82) is 0 Å². The van der Waals surface area contributed by atoms with Gasteiger partial charge >= 0.3 is 0 Å². The Morgan fingerprint density at radius 2 is 1.88 bits per heavy atom. The van der Waals surface area contributed by atoms with Crippen LogP contribution in [0.5, 0.6) is 0 Å². The molecular weight excluding hydrogens is 200 g/mol. The lowest BCUT2D eigenvalue weighted by Crippen LogP contribution is -2.41. The van der Waals surface area contributed by atoms with Crippen LogP contribution in [-0.4, -0.2) is 19.0 Å². The molecule has 0 bridgehead atoms. The first kappa shape index (κ1) is 12.7. The highest BCUT2D eigenvalue weighted by Gasteiger charge is 2.14. The third kappa shape index (κ3) is 3.07. The smallest absolute Gasteiger partial charge is 0.237 e. The largest absolute Gasteiger partial charge is 0.348 e. The molecule has 1 amide bonds. The van der Waals surface area contributed by atoms with Gasteiger partial charge in [0.05, 0.1) is 12.1 Å². The predicted molar refractivity (Wildman–Crippen MR) is 66.3 cm³/mol. The van der Waals surface area contributed by atoms with Crippen molar-refractivity contribution in [2.45, 2.75) is 32.9 Å². The van der Waals surface area contributed by atoms with Crippen molar-refractivity contribution in [3.8, 4) is 0 Å². The summed E-state index contributed by atoms with van der Waals surface area (Å²) < 4.78 is 0. The van der Waals surface area contributed by atoms with Gasteiger partial charge in [-0.2, -0.15) is 0 Å². The van der Waals surface area contributed by atoms with Crippen LogP contribution in [0, 0.1) is 6.92 Å². The Morgan fingerprint density at radius 1 is 1.25 bits per heavy atom. The number of likely N-dealkylation sites (N-methyl/N-ethyl adjacent to an activating group) is 1. The van der Waals surface area contributed by atoms with Crippen LogP contribution in [0.3, 0.4) is 0 Å². The van der Waals surface area contributed by atoms with Gasteiger partial charge in [-0.05, 0) is 38.9 Å². The van der Waals surface area contributed by atoms with E-state index in [4.69, 9.17) is 0 Å². The second-order valence-corrected chi connectivity index (χ2v) is 4.10. The van der Waals surface area contributed by atoms with Crippen LogP contribution in [-0.2, 0) is 4.79 Å². The normalized spacial score (nSPS) is 14.2. The van der Waals surface area contributed by atoms with Crippen molar-refractivity contribution < 1.29 is 4.79 Å². The summed E-state index contributed by atoms with van der Waals surface area (Å²) in [7, 11) is 1.78. The minimum Gasteiger partial charge on any atom is -0.348 e. The first-order valence-corrected chi connectivity index (χ1v) is 5.59. The fourth-order valence-corrected chi connectivity index (χ4v) is 1.62. The highest BCUT2D eigenvalue weighted by Crippen LogP contribution is 2.16. The Morgan fingerprint density at radius 3 is 2.44 bits per heavy atom. The fourth-order valence-electron chi connectivity index (χ4n) is 1.62. The maximum Gasteiger partial charge on any atom is 0.237 e. The first-order valence-electron chi connectivity index (χ1n) is 5.59. The van der Waals surface area contributed by atoms with Gasteiger partial charge in [-0.15, -0.1) is 0 Å². The summed E-state index contributed by atoms with van der Waals surface area (Å²) in [4.78, 5) is 11.7. The van der Waals surface area contributed by atoms with E-state index >= 15 is 0 Å². The fraction of sp³-hybridized carbons (Fsp3) is 0.462. The van der Waals surface area contributed by atoms with Gasteiger partial charge in [-0.25, -0.2) is 0 Å². The van der Waals surface area contributed by atoms with Crippen LogP contribution in [0.2, 0.25) is 0 Å². The molecular formula is C13H20N2O. The zero-order valence-corrected chi connectivity index (χ0v) is 10.4. The highest BCUT2D eigenvalue weighted by molar-refractivity contribution is 5.81. The quantitative estimate of drug-likeness (QED) is 0.812. The molecule has 0 spiro atoms. The summed E-state index contributed by atoms with van der Waals surface area (Å²) in [6, 6.07) is 7.98. The molecule has 0 unspecified atom stereocenters. The minimum absolute atomic E-state index is 0.0262. The van der Waals surface area contributed by atoms with Crippen molar-refractivity contribution in [1.82, 2.24) is 10.6 Å². The van der Waals surface area contributed by atoms with E-state index in [1.807, 2.05) is 32.0 Å². The number of rotatable bonds is 4. The molecule has 0 saturated carbocycles. The third-order valence-electron chi connectivity index (χ3n) is 2.84. The molecule has 0 fully saturated rings. The Labute approximate surface area is 97.2 Å². The summed E-state index contributed by atoms with van der Waals surface area (Å²) in [6.07, 6.45) is 0. The van der Waals surface area contributed by atoms with Gasteiger partial charge in [0.15, 0.2) is 0 Å². The monoisotopic (exact) mass is 220 g/mol. The van der Waals surface area contributed by atoms with Crippen molar-refractivity contribution in [3.63, 3.8) is 0 Å². The van der Waals surface area contributed by atoms with E-state index in [1.54, 1.807) is 7.05 Å². The van der Waals surface area contributed by atoms with Crippen LogP contribution >= 0.6 is 0 Å². The molecule has 1 aromatic carbocycles. The molecule has 3 heteroatoms. The predicted octanol–water partition coefficient (Wildman–Crippen LogP) is 1.78. The van der Waals surface area contributed by atoms with E-state index in [2.05, 4.69) is 23.6 Å². The zero-order chi connectivity index (χ0) is 12.1. The molecule has 2 N–H and O–H groups in total. The number of hydrogen-bond acceptors (Lipinski definition) is 2. The lowest BCUT2D eigenvalue weighted by molar-refractivity contribution is -0.123. The standard InChI is InChI=1S/C13H20N2O/c1-9-7-5-6-8-12(9)10(2)15-13(16)11(3)14-4/h5-8,10-11,14H,1-4H3,(H,15,16)/t10-,11-/m0/s1. The maximum atomic E-state index is 11.7. The van der Waals surface area contributed by atoms with Gasteiger partial charge in [0.2, 0.25) is 5.91 Å². The van der Waals surface area contributed by atoms with E-state index in [1.165, 1.54) is 11.1 Å². The van der Waals surface area contributed by atoms with Gasteiger partial charge in [-0.1, -0.05) is 24.3 Å². The van der Waals surface area contributed by atoms with E-state index in [0.717, 1.165) is 0 Å². The summed E-state index contributed by atoms with van der Waals surface area (Å²) in [5, 5.41) is 5.91. The topological polar surface area (TPSA) is 41.1 Å². The third-order valence-corrected chi connectivity index (χ3v) is 2.84. The van der Waals surface area contributed by atoms with Gasteiger partial charge in [0.25, 0.3) is 0 Å². The number of nitrogens with one attached hydrogen (secondary N) is 2. The second-order valence-electron chi connectivity index (χ2n) is 4.10. The second kappa shape index (κ2) is 5.66. The molecule has 16 heavy (non-hydrogen) atoms. The van der Waals surface area contributed by atoms with Crippen molar-refractivity contribution >= 4 is 5.91 Å². The Balaban J connectivity index is 2.69. The van der Waals surface area contributed by atoms with Crippen LogP contribution in [0.15, 0.2) is 24.3 Å². The van der Waals surface area contributed by atoms with Crippen LogP contribution in [0.25, 0.3) is 0 Å². The number of benzene rings is 1. The van der Waals surface area contributed by atoms with Gasteiger partial charge in [-0.3, -0.25) is 4.79 Å². The molecule has 0 saturated heterocycles. The molecule has 0 radical (unpaired) electrons. The minimum atomic E-state index is -0.161. The van der Waals surface area contributed by atoms with Crippen LogP contribution < -0.4 is 10.6 Å². The number of hydrogen-bond donors (Lipinski definition) is 2. The molecule has 2 atom stereocenters. The summed E-state index contributed by atoms with van der Waals surface area (Å²) in [6.45, 7) is 5.90. The van der Waals surface area contributed by atoms with E-state index in [9.17, 15) is 4.79 Å². The molecule has 1 aromatic rings. The average molecular weight is 220 g/mol. The first-order chi connectivity index (χ1) is 7.56. The summed E-state index contributed by atoms with van der Waals surface area (Å²) in [5.74, 6) is 0.0262. The Kier molecular flexibility index (Phi) is 4.50. The molecule has 1 rings (SSSR count). The lowest BCUT2D eigenvalue weighted by Gasteiger charge is -2.19. The van der Waals surface area contributed by atoms with Crippen LogP contribution in [0.1, 0.15) is 31.0 Å². The van der Waals surface area contributed by atoms with E-state index < -0.39 is 0 Å². The molecule has 0 aliphatic rings. The van der Waals surface area contributed by atoms with Crippen molar-refractivity contribution in [2.75, 3.05) is 7.05 Å². The molecule has 0 aliphatic heterocycles. The summed E-state index contributed by atoms with van der Waals surface area (Å²) in [5.41, 5.74) is 2.37. The van der Waals surface area contributed by atoms with Gasteiger partial charge < -0.3 is 10.6 Å². The summed E-state index contributed by atoms with van der Waals surface area (Å²) >= 11 is 0. The van der Waals surface area contributed by atoms with Gasteiger partial charge in [0.1, 0.15) is 0 Å². The number of amides is 1. The SMILES string of the molecule is CN[C@@H](C)C(=O)N[C@@H](C)c1ccccc1C. The Hall–Kier alpha value is -1.35. The van der Waals surface area contributed by atoms with Crippen molar-refractivity contribution in [2.24, 2.45) is 0 Å². The molecule has 0 heterocycles. The van der Waals surface area contributed by atoms with E-state index in [-0.39, 0.29) is 18.0 Å². The number of aryl methyl sites for hydroxylation is 1. The number of carbonyl (C=O) groups excluding carboxylic acids is 1. The molecule has 0 aromatic heterocycles. The van der Waals surface area contributed by atoms with E-state index in [0.29, 0.717) is 0 Å². The van der Waals surface area contributed by atoms with Crippen molar-refractivity contribution in [3.05, 3.63) is 35.4 Å². The van der Waals surface area contributed by atoms with Gasteiger partial charge in [0, 0.05) is 0 Å². The molecule has 88 valence electrons. The lowest BCUT2D eigenvalue weighted by atomic mass is 10.0. The zero-order valence-electron chi connectivity index (χ0n) is 10.4.